The Bertz CT molecular complexity index is 167. The van der Waals surface area contributed by atoms with E-state index in [1.54, 1.807) is 0 Å². The largest absolute Gasteiger partial charge is 0.100 e. The molecule has 0 aromatic carbocycles. The summed E-state index contributed by atoms with van der Waals surface area (Å²) in [4.78, 5) is 0. The van der Waals surface area contributed by atoms with Gasteiger partial charge in [0, 0.05) is 0 Å². The maximum Gasteiger partial charge on any atom is -0.0300 e. The Morgan fingerprint density at radius 2 is 1.60 bits per heavy atom. The fourth-order valence-corrected chi connectivity index (χ4v) is 2.36. The van der Waals surface area contributed by atoms with Crippen LogP contribution in [0.5, 0.6) is 0 Å². The van der Waals surface area contributed by atoms with Gasteiger partial charge in [-0.25, -0.2) is 0 Å². The third-order valence-corrected chi connectivity index (χ3v) is 2.98. The van der Waals surface area contributed by atoms with E-state index in [0.717, 1.165) is 17.8 Å². The lowest BCUT2D eigenvalue weighted by Gasteiger charge is -2.17. The fraction of sp³-hybridized carbons (Fsp3) is 0.867. The molecule has 2 unspecified atom stereocenters. The number of allylic oxidation sites excluding steroid dienone is 1. The molecule has 0 aromatic heterocycles. The molecule has 0 rings (SSSR count). The molecule has 2 atom stereocenters. The van der Waals surface area contributed by atoms with Crippen LogP contribution in [0.15, 0.2) is 12.2 Å². The van der Waals surface area contributed by atoms with Crippen LogP contribution in [0.3, 0.4) is 0 Å². The summed E-state index contributed by atoms with van der Waals surface area (Å²) >= 11 is 0. The van der Waals surface area contributed by atoms with Crippen molar-refractivity contribution < 1.29 is 0 Å². The summed E-state index contributed by atoms with van der Waals surface area (Å²) in [5, 5.41) is 0. The van der Waals surface area contributed by atoms with Crippen molar-refractivity contribution in [1.82, 2.24) is 0 Å². The zero-order valence-corrected chi connectivity index (χ0v) is 11.5. The number of rotatable bonds is 8. The van der Waals surface area contributed by atoms with Crippen molar-refractivity contribution in [1.29, 1.82) is 0 Å². The maximum absolute atomic E-state index is 3.99. The highest BCUT2D eigenvalue weighted by Crippen LogP contribution is 2.22. The Labute approximate surface area is 97.2 Å². The summed E-state index contributed by atoms with van der Waals surface area (Å²) in [5.41, 5.74) is 1.33. The molecule has 0 heteroatoms. The van der Waals surface area contributed by atoms with Crippen LogP contribution < -0.4 is 0 Å². The zero-order valence-electron chi connectivity index (χ0n) is 11.5. The highest BCUT2D eigenvalue weighted by molar-refractivity contribution is 4.89. The van der Waals surface area contributed by atoms with Gasteiger partial charge < -0.3 is 0 Å². The van der Waals surface area contributed by atoms with Gasteiger partial charge in [-0.1, -0.05) is 52.5 Å². The van der Waals surface area contributed by atoms with E-state index in [4.69, 9.17) is 0 Å². The molecular formula is C15H30. The van der Waals surface area contributed by atoms with E-state index in [0.29, 0.717) is 0 Å². The van der Waals surface area contributed by atoms with E-state index in [1.165, 1.54) is 37.7 Å². The molecule has 15 heavy (non-hydrogen) atoms. The van der Waals surface area contributed by atoms with Gasteiger partial charge in [0.15, 0.2) is 0 Å². The summed E-state index contributed by atoms with van der Waals surface area (Å²) in [6.07, 6.45) is 6.76. The first kappa shape index (κ1) is 14.7. The highest BCUT2D eigenvalue weighted by atomic mass is 14.1. The molecule has 0 aliphatic rings. The first-order chi connectivity index (χ1) is 6.91. The summed E-state index contributed by atoms with van der Waals surface area (Å²) in [7, 11) is 0. The lowest BCUT2D eigenvalue weighted by atomic mass is 9.89. The van der Waals surface area contributed by atoms with Gasteiger partial charge in [-0.3, -0.25) is 0 Å². The Morgan fingerprint density at radius 1 is 1.00 bits per heavy atom. The molecule has 0 aromatic rings. The van der Waals surface area contributed by atoms with Gasteiger partial charge in [0.1, 0.15) is 0 Å². The second kappa shape index (κ2) is 7.96. The van der Waals surface area contributed by atoms with Crippen molar-refractivity contribution in [3.05, 3.63) is 12.2 Å². The molecule has 0 amide bonds. The van der Waals surface area contributed by atoms with E-state index in [1.807, 2.05) is 0 Å². The van der Waals surface area contributed by atoms with Crippen LogP contribution in [-0.2, 0) is 0 Å². The van der Waals surface area contributed by atoms with Crippen molar-refractivity contribution >= 4 is 0 Å². The zero-order chi connectivity index (χ0) is 11.8. The summed E-state index contributed by atoms with van der Waals surface area (Å²) < 4.78 is 0. The minimum Gasteiger partial charge on any atom is -0.100 e. The summed E-state index contributed by atoms with van der Waals surface area (Å²) in [6, 6.07) is 0. The van der Waals surface area contributed by atoms with Crippen LogP contribution in [0.4, 0.5) is 0 Å². The van der Waals surface area contributed by atoms with Crippen LogP contribution in [0.2, 0.25) is 0 Å². The summed E-state index contributed by atoms with van der Waals surface area (Å²) in [6.45, 7) is 15.5. The predicted octanol–water partition coefficient (Wildman–Crippen LogP) is 5.44. The van der Waals surface area contributed by atoms with Crippen molar-refractivity contribution in [3.8, 4) is 0 Å². The van der Waals surface area contributed by atoms with Crippen LogP contribution >= 0.6 is 0 Å². The lowest BCUT2D eigenvalue weighted by Crippen LogP contribution is -2.04. The molecule has 0 heterocycles. The SMILES string of the molecule is C=C(C)CC(C)CC(C)CCCC(C)C. The van der Waals surface area contributed by atoms with Crippen molar-refractivity contribution in [2.75, 3.05) is 0 Å². The maximum atomic E-state index is 3.99. The summed E-state index contributed by atoms with van der Waals surface area (Å²) in [5.74, 6) is 2.57. The van der Waals surface area contributed by atoms with Gasteiger partial charge in [-0.2, -0.15) is 0 Å². The fourth-order valence-electron chi connectivity index (χ4n) is 2.36. The lowest BCUT2D eigenvalue weighted by molar-refractivity contribution is 0.371. The van der Waals surface area contributed by atoms with Gasteiger partial charge in [-0.05, 0) is 37.5 Å². The first-order valence-corrected chi connectivity index (χ1v) is 6.56. The smallest absolute Gasteiger partial charge is 0.0300 e. The normalized spacial score (nSPS) is 15.3. The minimum atomic E-state index is 0.816. The second-order valence-corrected chi connectivity index (χ2v) is 5.93. The third-order valence-electron chi connectivity index (χ3n) is 2.98. The molecule has 0 aliphatic carbocycles. The molecule has 0 saturated carbocycles. The number of hydrogen-bond donors (Lipinski definition) is 0. The average Bonchev–Trinajstić information content (AvgIpc) is 2.00. The molecule has 0 spiro atoms. The van der Waals surface area contributed by atoms with Gasteiger partial charge >= 0.3 is 0 Å². The van der Waals surface area contributed by atoms with Gasteiger partial charge in [-0.15, -0.1) is 6.58 Å². The Kier molecular flexibility index (Phi) is 7.82. The molecule has 0 nitrogen and oxygen atoms in total. The van der Waals surface area contributed by atoms with Gasteiger partial charge in [0.05, 0.1) is 0 Å². The van der Waals surface area contributed by atoms with Crippen molar-refractivity contribution in [2.24, 2.45) is 17.8 Å². The number of hydrogen-bond acceptors (Lipinski definition) is 0. The van der Waals surface area contributed by atoms with E-state index in [9.17, 15) is 0 Å². The standard InChI is InChI=1S/C15H30/c1-12(2)8-7-9-14(5)11-15(6)10-13(3)4/h12,14-15H,3,7-11H2,1-2,4-6H3. The van der Waals surface area contributed by atoms with Crippen LogP contribution in [0.1, 0.15) is 66.7 Å². The molecule has 90 valence electrons. The minimum absolute atomic E-state index is 0.816. The first-order valence-electron chi connectivity index (χ1n) is 6.56. The molecule has 0 radical (unpaired) electrons. The second-order valence-electron chi connectivity index (χ2n) is 5.93. The topological polar surface area (TPSA) is 0 Å². The van der Waals surface area contributed by atoms with Crippen molar-refractivity contribution in [2.45, 2.75) is 66.7 Å². The average molecular weight is 210 g/mol. The molecule has 0 bridgehead atoms. The third kappa shape index (κ3) is 10.0. The predicted molar refractivity (Wildman–Crippen MR) is 71.1 cm³/mol. The van der Waals surface area contributed by atoms with E-state index in [-0.39, 0.29) is 0 Å². The quantitative estimate of drug-likeness (QED) is 0.468. The van der Waals surface area contributed by atoms with Crippen molar-refractivity contribution in [3.63, 3.8) is 0 Å². The Hall–Kier alpha value is -0.260. The molecule has 0 N–H and O–H groups in total. The van der Waals surface area contributed by atoms with Crippen LogP contribution in [0, 0.1) is 17.8 Å². The Balaban J connectivity index is 3.55. The molecule has 0 fully saturated rings. The molecular weight excluding hydrogens is 180 g/mol. The van der Waals surface area contributed by atoms with Gasteiger partial charge in [0.2, 0.25) is 0 Å². The van der Waals surface area contributed by atoms with E-state index in [2.05, 4.69) is 41.2 Å². The highest BCUT2D eigenvalue weighted by Gasteiger charge is 2.09. The molecule has 0 aliphatic heterocycles. The molecule has 0 saturated heterocycles. The van der Waals surface area contributed by atoms with E-state index < -0.39 is 0 Å². The van der Waals surface area contributed by atoms with Gasteiger partial charge in [0.25, 0.3) is 0 Å². The van der Waals surface area contributed by atoms with Crippen LogP contribution in [-0.4, -0.2) is 0 Å². The monoisotopic (exact) mass is 210 g/mol. The van der Waals surface area contributed by atoms with E-state index >= 15 is 0 Å². The van der Waals surface area contributed by atoms with Crippen LogP contribution in [0.25, 0.3) is 0 Å². The Morgan fingerprint density at radius 3 is 2.07 bits per heavy atom.